The predicted molar refractivity (Wildman–Crippen MR) is 96.1 cm³/mol. The summed E-state index contributed by atoms with van der Waals surface area (Å²) in [5, 5.41) is 10.9. The van der Waals surface area contributed by atoms with Crippen LogP contribution in [0.15, 0.2) is 71.0 Å². The average Bonchev–Trinajstić information content (AvgIpc) is 3.31. The zero-order valence-corrected chi connectivity index (χ0v) is 14.2. The number of non-ortho nitro benzene ring substituents is 1. The highest BCUT2D eigenvalue weighted by Crippen LogP contribution is 2.35. The van der Waals surface area contributed by atoms with Crippen LogP contribution in [0.25, 0.3) is 6.08 Å². The molecule has 1 aliphatic heterocycles. The third kappa shape index (κ3) is 3.26. The third-order valence-electron chi connectivity index (χ3n) is 3.95. The van der Waals surface area contributed by atoms with Crippen molar-refractivity contribution in [3.05, 3.63) is 93.6 Å². The van der Waals surface area contributed by atoms with Crippen molar-refractivity contribution >= 4 is 23.5 Å². The quantitative estimate of drug-likeness (QED) is 0.222. The van der Waals surface area contributed by atoms with Crippen molar-refractivity contribution in [2.24, 2.45) is 0 Å². The normalized spacial score (nSPS) is 13.9. The minimum atomic E-state index is -0.679. The summed E-state index contributed by atoms with van der Waals surface area (Å²) in [5.74, 6) is -0.572. The summed E-state index contributed by atoms with van der Waals surface area (Å²) in [6, 6.07) is 13.2. The zero-order chi connectivity index (χ0) is 19.7. The van der Waals surface area contributed by atoms with Crippen LogP contribution in [0.5, 0.6) is 11.5 Å². The summed E-state index contributed by atoms with van der Waals surface area (Å²) >= 11 is 0. The van der Waals surface area contributed by atoms with Crippen LogP contribution in [0.4, 0.5) is 5.69 Å². The molecule has 0 atom stereocenters. The number of carbonyl (C=O) groups excluding carboxylic acids is 2. The van der Waals surface area contributed by atoms with E-state index in [9.17, 15) is 19.7 Å². The lowest BCUT2D eigenvalue weighted by Gasteiger charge is -2.04. The number of benzene rings is 2. The van der Waals surface area contributed by atoms with Gasteiger partial charge in [-0.3, -0.25) is 14.9 Å². The number of esters is 1. The van der Waals surface area contributed by atoms with Gasteiger partial charge >= 0.3 is 5.97 Å². The van der Waals surface area contributed by atoms with E-state index in [0.717, 1.165) is 0 Å². The molecule has 3 aromatic rings. The molecular formula is C20H11NO7. The fraction of sp³-hybridized carbons (Fsp3) is 0. The summed E-state index contributed by atoms with van der Waals surface area (Å²) in [5.41, 5.74) is 0.661. The number of Topliss-reactive ketones (excluding diaryl/α,β-unsaturated/α-hetero) is 1. The maximum atomic E-state index is 12.5. The number of carbonyl (C=O) groups is 2. The van der Waals surface area contributed by atoms with Gasteiger partial charge in [-0.15, -0.1) is 0 Å². The van der Waals surface area contributed by atoms with Crippen molar-refractivity contribution < 1.29 is 28.4 Å². The molecule has 0 N–H and O–H groups in total. The molecule has 0 radical (unpaired) electrons. The van der Waals surface area contributed by atoms with Crippen molar-refractivity contribution in [3.63, 3.8) is 0 Å². The van der Waals surface area contributed by atoms with Gasteiger partial charge in [0.1, 0.15) is 11.5 Å². The summed E-state index contributed by atoms with van der Waals surface area (Å²) in [7, 11) is 0. The lowest BCUT2D eigenvalue weighted by atomic mass is 10.1. The number of nitrogens with zero attached hydrogens (tertiary/aromatic N) is 1. The Balaban J connectivity index is 1.57. The molecule has 2 heterocycles. The van der Waals surface area contributed by atoms with Crippen LogP contribution in [0.2, 0.25) is 0 Å². The van der Waals surface area contributed by atoms with E-state index in [1.807, 2.05) is 0 Å². The number of nitro groups is 1. The fourth-order valence-corrected chi connectivity index (χ4v) is 2.66. The fourth-order valence-electron chi connectivity index (χ4n) is 2.66. The summed E-state index contributed by atoms with van der Waals surface area (Å²) < 4.78 is 15.7. The molecule has 0 amide bonds. The highest BCUT2D eigenvalue weighted by Gasteiger charge is 2.28. The second-order valence-electron chi connectivity index (χ2n) is 5.82. The van der Waals surface area contributed by atoms with Crippen molar-refractivity contribution in [1.29, 1.82) is 0 Å². The third-order valence-corrected chi connectivity index (χ3v) is 3.95. The SMILES string of the molecule is O=C(Oc1ccc2c(c1)O/C(=C\c1cccc([N+](=O)[O-])c1)C2=O)c1ccco1. The molecule has 8 heteroatoms. The van der Waals surface area contributed by atoms with Gasteiger partial charge in [-0.2, -0.15) is 0 Å². The van der Waals surface area contributed by atoms with E-state index in [-0.39, 0.29) is 34.5 Å². The molecule has 4 rings (SSSR count). The average molecular weight is 377 g/mol. The van der Waals surface area contributed by atoms with Crippen LogP contribution in [0.1, 0.15) is 26.5 Å². The van der Waals surface area contributed by atoms with Crippen LogP contribution in [0, 0.1) is 10.1 Å². The van der Waals surface area contributed by atoms with Gasteiger partial charge in [-0.05, 0) is 35.9 Å². The Morgan fingerprint density at radius 3 is 2.71 bits per heavy atom. The Morgan fingerprint density at radius 1 is 1.11 bits per heavy atom. The van der Waals surface area contributed by atoms with E-state index in [1.165, 1.54) is 54.8 Å². The Hall–Kier alpha value is -4.20. The maximum Gasteiger partial charge on any atom is 0.379 e. The van der Waals surface area contributed by atoms with Gasteiger partial charge in [0.05, 0.1) is 16.7 Å². The number of fused-ring (bicyclic) bond motifs is 1. The van der Waals surface area contributed by atoms with E-state index in [1.54, 1.807) is 12.1 Å². The zero-order valence-electron chi connectivity index (χ0n) is 14.2. The molecule has 0 bridgehead atoms. The first-order valence-electron chi connectivity index (χ1n) is 8.10. The standard InChI is InChI=1S/C20H11NO7/c22-19-15-7-6-14(27-20(23)16-5-2-8-26-16)11-17(15)28-18(19)10-12-3-1-4-13(9-12)21(24)25/h1-11H/b18-10-. The maximum absolute atomic E-state index is 12.5. The van der Waals surface area contributed by atoms with Gasteiger partial charge in [-0.1, -0.05) is 12.1 Å². The van der Waals surface area contributed by atoms with Crippen molar-refractivity contribution in [2.75, 3.05) is 0 Å². The first kappa shape index (κ1) is 17.2. The van der Waals surface area contributed by atoms with Gasteiger partial charge in [0.25, 0.3) is 5.69 Å². The minimum absolute atomic E-state index is 0.0185. The lowest BCUT2D eigenvalue weighted by Crippen LogP contribution is -2.07. The number of ketones is 1. The lowest BCUT2D eigenvalue weighted by molar-refractivity contribution is -0.384. The van der Waals surface area contributed by atoms with E-state index in [2.05, 4.69) is 0 Å². The second-order valence-corrected chi connectivity index (χ2v) is 5.82. The predicted octanol–water partition coefficient (Wildman–Crippen LogP) is 4.02. The second kappa shape index (κ2) is 6.84. The monoisotopic (exact) mass is 377 g/mol. The number of rotatable bonds is 4. The number of nitro benzene ring substituents is 1. The summed E-state index contributed by atoms with van der Waals surface area (Å²) in [6.07, 6.45) is 2.77. The molecule has 0 aliphatic carbocycles. The molecule has 1 aromatic heterocycles. The Bertz CT molecular complexity index is 1130. The van der Waals surface area contributed by atoms with Crippen molar-refractivity contribution in [3.8, 4) is 11.5 Å². The number of hydrogen-bond donors (Lipinski definition) is 0. The summed E-state index contributed by atoms with van der Waals surface area (Å²) in [6.45, 7) is 0. The van der Waals surface area contributed by atoms with E-state index >= 15 is 0 Å². The first-order valence-corrected chi connectivity index (χ1v) is 8.10. The molecule has 0 spiro atoms. The molecule has 138 valence electrons. The molecule has 0 saturated heterocycles. The molecular weight excluding hydrogens is 366 g/mol. The molecule has 0 unspecified atom stereocenters. The Morgan fingerprint density at radius 2 is 1.96 bits per heavy atom. The number of hydrogen-bond acceptors (Lipinski definition) is 7. The van der Waals surface area contributed by atoms with Crippen LogP contribution < -0.4 is 9.47 Å². The number of furan rings is 1. The van der Waals surface area contributed by atoms with E-state index in [0.29, 0.717) is 11.1 Å². The molecule has 28 heavy (non-hydrogen) atoms. The van der Waals surface area contributed by atoms with E-state index < -0.39 is 10.9 Å². The highest BCUT2D eigenvalue weighted by molar-refractivity contribution is 6.14. The number of allylic oxidation sites excluding steroid dienone is 1. The Labute approximate surface area is 157 Å². The van der Waals surface area contributed by atoms with Gasteiger partial charge in [0, 0.05) is 18.2 Å². The number of ether oxygens (including phenoxy) is 2. The largest absolute Gasteiger partial charge is 0.457 e. The van der Waals surface area contributed by atoms with Gasteiger partial charge in [-0.25, -0.2) is 4.79 Å². The smallest absolute Gasteiger partial charge is 0.379 e. The highest BCUT2D eigenvalue weighted by atomic mass is 16.6. The van der Waals surface area contributed by atoms with Gasteiger partial charge in [0.2, 0.25) is 11.5 Å². The molecule has 1 aliphatic rings. The van der Waals surface area contributed by atoms with Crippen LogP contribution in [0.3, 0.4) is 0 Å². The van der Waals surface area contributed by atoms with Crippen LogP contribution >= 0.6 is 0 Å². The van der Waals surface area contributed by atoms with Crippen molar-refractivity contribution in [1.82, 2.24) is 0 Å². The minimum Gasteiger partial charge on any atom is -0.457 e. The molecule has 0 fully saturated rings. The molecule has 0 saturated carbocycles. The van der Waals surface area contributed by atoms with E-state index in [4.69, 9.17) is 13.9 Å². The van der Waals surface area contributed by atoms with Crippen molar-refractivity contribution in [2.45, 2.75) is 0 Å². The topological polar surface area (TPSA) is 109 Å². The van der Waals surface area contributed by atoms with Gasteiger partial charge in [0.15, 0.2) is 5.76 Å². The van der Waals surface area contributed by atoms with Crippen LogP contribution in [-0.4, -0.2) is 16.7 Å². The van der Waals surface area contributed by atoms with Crippen LogP contribution in [-0.2, 0) is 0 Å². The first-order chi connectivity index (χ1) is 13.5. The molecule has 8 nitrogen and oxygen atoms in total. The molecule has 2 aromatic carbocycles. The van der Waals surface area contributed by atoms with Gasteiger partial charge < -0.3 is 13.9 Å². The summed E-state index contributed by atoms with van der Waals surface area (Å²) in [4.78, 5) is 34.8. The Kier molecular flexibility index (Phi) is 4.21.